The molecule has 0 aliphatic carbocycles. The second-order valence-electron chi connectivity index (χ2n) is 5.47. The third kappa shape index (κ3) is 3.37. The number of carbonyl (C=O) groups is 1. The predicted molar refractivity (Wildman–Crippen MR) is 81.4 cm³/mol. The molecular weight excluding hydrogens is 304 g/mol. The molecule has 1 amide bonds. The van der Waals surface area contributed by atoms with Crippen LogP contribution in [-0.2, 0) is 0 Å². The second kappa shape index (κ2) is 6.06. The molecule has 1 aromatic rings. The van der Waals surface area contributed by atoms with E-state index in [1.165, 1.54) is 0 Å². The van der Waals surface area contributed by atoms with E-state index in [1.54, 1.807) is 0 Å². The van der Waals surface area contributed by atoms with Crippen molar-refractivity contribution >= 4 is 21.8 Å². The molecule has 0 aromatic heterocycles. The second-order valence-corrected chi connectivity index (χ2v) is 6.33. The fourth-order valence-electron chi connectivity index (χ4n) is 2.63. The van der Waals surface area contributed by atoms with Crippen molar-refractivity contribution < 1.29 is 4.79 Å². The lowest BCUT2D eigenvalue weighted by molar-refractivity contribution is 0.0897. The van der Waals surface area contributed by atoms with E-state index in [0.717, 1.165) is 28.6 Å². The predicted octanol–water partition coefficient (Wildman–Crippen LogP) is 2.87. The molecule has 0 saturated carbocycles. The summed E-state index contributed by atoms with van der Waals surface area (Å²) in [5, 5.41) is 6.58. The van der Waals surface area contributed by atoms with E-state index < -0.39 is 0 Å². The Hall–Kier alpha value is -0.870. The summed E-state index contributed by atoms with van der Waals surface area (Å²) in [7, 11) is 0. The number of amides is 1. The Morgan fingerprint density at radius 2 is 2.16 bits per heavy atom. The third-order valence-electron chi connectivity index (χ3n) is 3.94. The number of rotatable bonds is 2. The lowest BCUT2D eigenvalue weighted by atomic mass is 9.89. The minimum atomic E-state index is 0.0167. The van der Waals surface area contributed by atoms with Crippen molar-refractivity contribution in [1.29, 1.82) is 0 Å². The molecule has 4 heteroatoms. The molecule has 2 N–H and O–H groups in total. The molecule has 3 atom stereocenters. The van der Waals surface area contributed by atoms with Gasteiger partial charge in [-0.25, -0.2) is 0 Å². The first-order chi connectivity index (χ1) is 8.99. The van der Waals surface area contributed by atoms with Gasteiger partial charge in [-0.05, 0) is 56.5 Å². The van der Waals surface area contributed by atoms with Gasteiger partial charge in [0.2, 0.25) is 0 Å². The van der Waals surface area contributed by atoms with Gasteiger partial charge in [0.05, 0.1) is 0 Å². The monoisotopic (exact) mass is 324 g/mol. The molecule has 3 nitrogen and oxygen atoms in total. The van der Waals surface area contributed by atoms with E-state index >= 15 is 0 Å². The summed E-state index contributed by atoms with van der Waals surface area (Å²) in [4.78, 5) is 12.3. The van der Waals surface area contributed by atoms with Crippen LogP contribution in [0.1, 0.15) is 36.2 Å². The molecule has 19 heavy (non-hydrogen) atoms. The van der Waals surface area contributed by atoms with E-state index in [9.17, 15) is 4.79 Å². The maximum Gasteiger partial charge on any atom is 0.251 e. The highest BCUT2D eigenvalue weighted by Gasteiger charge is 2.28. The highest BCUT2D eigenvalue weighted by atomic mass is 79.9. The topological polar surface area (TPSA) is 41.1 Å². The Morgan fingerprint density at radius 1 is 1.42 bits per heavy atom. The molecule has 1 fully saturated rings. The van der Waals surface area contributed by atoms with Crippen molar-refractivity contribution in [2.45, 2.75) is 39.3 Å². The van der Waals surface area contributed by atoms with Gasteiger partial charge in [-0.3, -0.25) is 4.79 Å². The fraction of sp³-hybridized carbons (Fsp3) is 0.533. The summed E-state index contributed by atoms with van der Waals surface area (Å²) in [5.41, 5.74) is 1.81. The van der Waals surface area contributed by atoms with Crippen LogP contribution in [0.4, 0.5) is 0 Å². The first-order valence-electron chi connectivity index (χ1n) is 6.79. The molecule has 2 rings (SSSR count). The van der Waals surface area contributed by atoms with Gasteiger partial charge in [-0.2, -0.15) is 0 Å². The molecule has 1 aliphatic rings. The van der Waals surface area contributed by atoms with Crippen LogP contribution in [0.5, 0.6) is 0 Å². The highest BCUT2D eigenvalue weighted by molar-refractivity contribution is 9.10. The average Bonchev–Trinajstić information content (AvgIpc) is 2.37. The molecule has 0 spiro atoms. The lowest BCUT2D eigenvalue weighted by Crippen LogP contribution is -2.55. The maximum atomic E-state index is 12.3. The van der Waals surface area contributed by atoms with Crippen LogP contribution in [0.25, 0.3) is 0 Å². The molecule has 1 saturated heterocycles. The Bertz CT molecular complexity index is 465. The van der Waals surface area contributed by atoms with Crippen LogP contribution < -0.4 is 10.6 Å². The van der Waals surface area contributed by atoms with Crippen molar-refractivity contribution in [3.05, 3.63) is 33.8 Å². The number of nitrogens with one attached hydrogen (secondary N) is 2. The first kappa shape index (κ1) is 14.5. The van der Waals surface area contributed by atoms with E-state index in [0.29, 0.717) is 12.0 Å². The van der Waals surface area contributed by atoms with E-state index in [-0.39, 0.29) is 11.9 Å². The number of piperidine rings is 1. The van der Waals surface area contributed by atoms with Gasteiger partial charge < -0.3 is 10.6 Å². The minimum absolute atomic E-state index is 0.0167. The van der Waals surface area contributed by atoms with Gasteiger partial charge in [0, 0.05) is 22.1 Å². The highest BCUT2D eigenvalue weighted by Crippen LogP contribution is 2.19. The third-order valence-corrected chi connectivity index (χ3v) is 4.83. The van der Waals surface area contributed by atoms with E-state index in [4.69, 9.17) is 0 Å². The molecule has 0 bridgehead atoms. The summed E-state index contributed by atoms with van der Waals surface area (Å²) >= 11 is 3.45. The van der Waals surface area contributed by atoms with Crippen LogP contribution in [0.2, 0.25) is 0 Å². The smallest absolute Gasteiger partial charge is 0.251 e. The molecule has 3 unspecified atom stereocenters. The van der Waals surface area contributed by atoms with Gasteiger partial charge in [-0.1, -0.05) is 22.9 Å². The first-order valence-corrected chi connectivity index (χ1v) is 7.58. The van der Waals surface area contributed by atoms with E-state index in [2.05, 4.69) is 40.4 Å². The van der Waals surface area contributed by atoms with Crippen molar-refractivity contribution in [3.8, 4) is 0 Å². The Balaban J connectivity index is 2.09. The van der Waals surface area contributed by atoms with E-state index in [1.807, 2.05) is 25.1 Å². The maximum absolute atomic E-state index is 12.3. The van der Waals surface area contributed by atoms with Gasteiger partial charge in [0.1, 0.15) is 0 Å². The van der Waals surface area contributed by atoms with Gasteiger partial charge in [-0.15, -0.1) is 0 Å². The van der Waals surface area contributed by atoms with Crippen molar-refractivity contribution in [2.24, 2.45) is 5.92 Å². The Morgan fingerprint density at radius 3 is 2.79 bits per heavy atom. The summed E-state index contributed by atoms with van der Waals surface area (Å²) in [5.74, 6) is 0.528. The standard InChI is InChI=1S/C15H21BrN2O/c1-9-6-7-17-11(3)14(9)18-15(19)12-4-5-13(16)10(2)8-12/h4-5,8-9,11,14,17H,6-7H2,1-3H3,(H,18,19). The molecule has 1 heterocycles. The zero-order valence-electron chi connectivity index (χ0n) is 11.7. The van der Waals surface area contributed by atoms with Crippen molar-refractivity contribution in [3.63, 3.8) is 0 Å². The summed E-state index contributed by atoms with van der Waals surface area (Å²) < 4.78 is 1.03. The number of hydrogen-bond acceptors (Lipinski definition) is 2. The number of halogens is 1. The quantitative estimate of drug-likeness (QED) is 0.878. The van der Waals surface area contributed by atoms with Gasteiger partial charge >= 0.3 is 0 Å². The number of benzene rings is 1. The zero-order valence-corrected chi connectivity index (χ0v) is 13.3. The molecule has 104 valence electrons. The van der Waals surface area contributed by atoms with Crippen molar-refractivity contribution in [1.82, 2.24) is 10.6 Å². The molecule has 1 aliphatic heterocycles. The summed E-state index contributed by atoms with van der Waals surface area (Å²) in [6.07, 6.45) is 1.11. The fourth-order valence-corrected chi connectivity index (χ4v) is 2.87. The summed E-state index contributed by atoms with van der Waals surface area (Å²) in [6, 6.07) is 6.23. The SMILES string of the molecule is Cc1cc(C(=O)NC2C(C)CCNC2C)ccc1Br. The lowest BCUT2D eigenvalue weighted by Gasteiger charge is -2.36. The van der Waals surface area contributed by atoms with Crippen LogP contribution in [-0.4, -0.2) is 24.5 Å². The summed E-state index contributed by atoms with van der Waals surface area (Å²) in [6.45, 7) is 7.36. The van der Waals surface area contributed by atoms with Crippen LogP contribution in [0, 0.1) is 12.8 Å². The van der Waals surface area contributed by atoms with Gasteiger partial charge in [0.25, 0.3) is 5.91 Å². The minimum Gasteiger partial charge on any atom is -0.347 e. The zero-order chi connectivity index (χ0) is 14.0. The Labute approximate surface area is 123 Å². The molecule has 0 radical (unpaired) electrons. The normalized spacial score (nSPS) is 27.1. The largest absolute Gasteiger partial charge is 0.347 e. The number of carbonyl (C=O) groups excluding carboxylic acids is 1. The average molecular weight is 325 g/mol. The number of aryl methyl sites for hydroxylation is 1. The van der Waals surface area contributed by atoms with Crippen molar-refractivity contribution in [2.75, 3.05) is 6.54 Å². The van der Waals surface area contributed by atoms with Crippen LogP contribution >= 0.6 is 15.9 Å². The molecular formula is C15H21BrN2O. The Kier molecular flexibility index (Phi) is 4.63. The number of hydrogen-bond donors (Lipinski definition) is 2. The van der Waals surface area contributed by atoms with Crippen LogP contribution in [0.3, 0.4) is 0 Å². The van der Waals surface area contributed by atoms with Gasteiger partial charge in [0.15, 0.2) is 0 Å². The molecule has 1 aromatic carbocycles. The van der Waals surface area contributed by atoms with Crippen LogP contribution in [0.15, 0.2) is 22.7 Å².